The molecule has 0 bridgehead atoms. The second-order valence-corrected chi connectivity index (χ2v) is 8.59. The van der Waals surface area contributed by atoms with Crippen LogP contribution >= 0.6 is 0 Å². The van der Waals surface area contributed by atoms with Gasteiger partial charge in [0.15, 0.2) is 6.61 Å². The van der Waals surface area contributed by atoms with Crippen LogP contribution in [0.4, 0.5) is 0 Å². The normalized spacial score (nSPS) is 15.1. The second kappa shape index (κ2) is 8.90. The number of carbonyl (C=O) groups is 1. The van der Waals surface area contributed by atoms with Crippen LogP contribution in [0.15, 0.2) is 48.5 Å². The maximum absolute atomic E-state index is 12.6. The number of hydrogen-bond donors (Lipinski definition) is 0. The number of imidazole rings is 1. The number of hydrogen-bond acceptors (Lipinski definition) is 3. The van der Waals surface area contributed by atoms with Gasteiger partial charge in [0.1, 0.15) is 11.6 Å². The summed E-state index contributed by atoms with van der Waals surface area (Å²) in [5, 5.41) is 0. The number of rotatable bonds is 6. The Morgan fingerprint density at radius 1 is 1.10 bits per heavy atom. The van der Waals surface area contributed by atoms with E-state index in [9.17, 15) is 4.79 Å². The lowest BCUT2D eigenvalue weighted by Gasteiger charge is -2.32. The highest BCUT2D eigenvalue weighted by molar-refractivity contribution is 5.78. The first kappa shape index (κ1) is 20.5. The molecule has 3 aromatic rings. The van der Waals surface area contributed by atoms with Gasteiger partial charge in [0.25, 0.3) is 5.91 Å². The predicted molar refractivity (Wildman–Crippen MR) is 120 cm³/mol. The summed E-state index contributed by atoms with van der Waals surface area (Å²) in [7, 11) is 0. The van der Waals surface area contributed by atoms with E-state index in [0.29, 0.717) is 11.8 Å². The van der Waals surface area contributed by atoms with E-state index in [2.05, 4.69) is 60.7 Å². The Bertz CT molecular complexity index is 999. The Balaban J connectivity index is 1.27. The average Bonchev–Trinajstić information content (AvgIpc) is 3.08. The standard InChI is InChI=1S/C25H31N3O2/c1-18(2)21-8-10-22(11-9-21)30-17-25(29)27-14-12-20(13-15-27)16-28-19(3)26-23-6-4-5-7-24(23)28/h4-11,18,20H,12-17H2,1-3H3. The smallest absolute Gasteiger partial charge is 0.260 e. The number of fused-ring (bicyclic) bond motifs is 1. The molecule has 0 spiro atoms. The second-order valence-electron chi connectivity index (χ2n) is 8.59. The van der Waals surface area contributed by atoms with Crippen LogP contribution in [0.3, 0.4) is 0 Å². The summed E-state index contributed by atoms with van der Waals surface area (Å²) in [5.41, 5.74) is 3.53. The number of carbonyl (C=O) groups excluding carboxylic acids is 1. The molecule has 158 valence electrons. The van der Waals surface area contributed by atoms with Gasteiger partial charge in [0.05, 0.1) is 11.0 Å². The molecule has 2 heterocycles. The molecule has 1 aromatic heterocycles. The van der Waals surface area contributed by atoms with Crippen LogP contribution in [0.25, 0.3) is 11.0 Å². The minimum Gasteiger partial charge on any atom is -0.484 e. The maximum atomic E-state index is 12.6. The molecule has 5 nitrogen and oxygen atoms in total. The van der Waals surface area contributed by atoms with Gasteiger partial charge in [-0.25, -0.2) is 4.98 Å². The fourth-order valence-electron chi connectivity index (χ4n) is 4.23. The van der Waals surface area contributed by atoms with E-state index in [-0.39, 0.29) is 12.5 Å². The van der Waals surface area contributed by atoms with Crippen molar-refractivity contribution < 1.29 is 9.53 Å². The fourth-order valence-corrected chi connectivity index (χ4v) is 4.23. The molecule has 0 aliphatic carbocycles. The first-order chi connectivity index (χ1) is 14.5. The molecular weight excluding hydrogens is 374 g/mol. The summed E-state index contributed by atoms with van der Waals surface area (Å²) in [6, 6.07) is 16.3. The molecule has 1 aliphatic heterocycles. The van der Waals surface area contributed by atoms with Gasteiger partial charge in [-0.15, -0.1) is 0 Å². The molecule has 5 heteroatoms. The highest BCUT2D eigenvalue weighted by Crippen LogP contribution is 2.24. The quantitative estimate of drug-likeness (QED) is 0.593. The third-order valence-electron chi connectivity index (χ3n) is 6.16. The van der Waals surface area contributed by atoms with Crippen LogP contribution in [0, 0.1) is 12.8 Å². The molecule has 1 aliphatic rings. The van der Waals surface area contributed by atoms with Crippen LogP contribution < -0.4 is 4.74 Å². The van der Waals surface area contributed by atoms with Gasteiger partial charge >= 0.3 is 0 Å². The van der Waals surface area contributed by atoms with Gasteiger partial charge in [-0.1, -0.05) is 38.1 Å². The number of nitrogens with zero attached hydrogens (tertiary/aromatic N) is 3. The van der Waals surface area contributed by atoms with E-state index in [4.69, 9.17) is 4.74 Å². The zero-order valence-corrected chi connectivity index (χ0v) is 18.2. The van der Waals surface area contributed by atoms with Crippen LogP contribution in [0.2, 0.25) is 0 Å². The van der Waals surface area contributed by atoms with Crippen LogP contribution in [-0.2, 0) is 11.3 Å². The van der Waals surface area contributed by atoms with Gasteiger partial charge in [0, 0.05) is 19.6 Å². The van der Waals surface area contributed by atoms with Crippen molar-refractivity contribution >= 4 is 16.9 Å². The van der Waals surface area contributed by atoms with Gasteiger partial charge in [-0.05, 0) is 61.4 Å². The van der Waals surface area contributed by atoms with Crippen molar-refractivity contribution in [2.45, 2.75) is 46.1 Å². The molecule has 0 saturated carbocycles. The molecule has 0 radical (unpaired) electrons. The van der Waals surface area contributed by atoms with Crippen LogP contribution in [0.1, 0.15) is 44.0 Å². The summed E-state index contributed by atoms with van der Waals surface area (Å²) in [6.45, 7) is 9.07. The zero-order valence-electron chi connectivity index (χ0n) is 18.2. The summed E-state index contributed by atoms with van der Waals surface area (Å²) >= 11 is 0. The number of likely N-dealkylation sites (tertiary alicyclic amines) is 1. The van der Waals surface area contributed by atoms with Crippen molar-refractivity contribution in [1.29, 1.82) is 0 Å². The van der Waals surface area contributed by atoms with E-state index < -0.39 is 0 Å². The SMILES string of the molecule is Cc1nc2ccccc2n1CC1CCN(C(=O)COc2ccc(C(C)C)cc2)CC1. The van der Waals surface area contributed by atoms with Gasteiger partial charge in [-0.3, -0.25) is 4.79 Å². The van der Waals surface area contributed by atoms with E-state index in [1.165, 1.54) is 11.1 Å². The number of ether oxygens (including phenoxy) is 1. The fraction of sp³-hybridized carbons (Fsp3) is 0.440. The van der Waals surface area contributed by atoms with Crippen molar-refractivity contribution in [3.8, 4) is 5.75 Å². The van der Waals surface area contributed by atoms with Gasteiger partial charge < -0.3 is 14.2 Å². The lowest BCUT2D eigenvalue weighted by molar-refractivity contribution is -0.134. The highest BCUT2D eigenvalue weighted by Gasteiger charge is 2.24. The van der Waals surface area contributed by atoms with E-state index >= 15 is 0 Å². The summed E-state index contributed by atoms with van der Waals surface area (Å²) < 4.78 is 8.05. The van der Waals surface area contributed by atoms with Gasteiger partial charge in [-0.2, -0.15) is 0 Å². The molecule has 1 fully saturated rings. The zero-order chi connectivity index (χ0) is 21.1. The summed E-state index contributed by atoms with van der Waals surface area (Å²) in [6.07, 6.45) is 2.03. The number of benzene rings is 2. The van der Waals surface area contributed by atoms with Crippen molar-refractivity contribution in [2.75, 3.05) is 19.7 Å². The Morgan fingerprint density at radius 3 is 2.50 bits per heavy atom. The Hall–Kier alpha value is -2.82. The first-order valence-corrected chi connectivity index (χ1v) is 10.9. The monoisotopic (exact) mass is 405 g/mol. The number of aryl methyl sites for hydroxylation is 1. The van der Waals surface area contributed by atoms with E-state index in [1.54, 1.807) is 0 Å². The summed E-state index contributed by atoms with van der Waals surface area (Å²) in [4.78, 5) is 19.2. The first-order valence-electron chi connectivity index (χ1n) is 10.9. The van der Waals surface area contributed by atoms with Crippen LogP contribution in [0.5, 0.6) is 5.75 Å². The highest BCUT2D eigenvalue weighted by atomic mass is 16.5. The molecule has 0 unspecified atom stereocenters. The topological polar surface area (TPSA) is 47.4 Å². The molecule has 2 aromatic carbocycles. The Kier molecular flexibility index (Phi) is 6.07. The number of para-hydroxylation sites is 2. The molecule has 1 amide bonds. The Labute approximate surface area is 178 Å². The lowest BCUT2D eigenvalue weighted by Crippen LogP contribution is -2.41. The largest absolute Gasteiger partial charge is 0.484 e. The molecule has 30 heavy (non-hydrogen) atoms. The average molecular weight is 406 g/mol. The maximum Gasteiger partial charge on any atom is 0.260 e. The molecule has 1 saturated heterocycles. The summed E-state index contributed by atoms with van der Waals surface area (Å²) in [5.74, 6) is 2.95. The number of piperidine rings is 1. The van der Waals surface area contributed by atoms with Crippen molar-refractivity contribution in [3.05, 3.63) is 59.9 Å². The molecule has 0 N–H and O–H groups in total. The van der Waals surface area contributed by atoms with Crippen molar-refractivity contribution in [2.24, 2.45) is 5.92 Å². The van der Waals surface area contributed by atoms with E-state index in [0.717, 1.165) is 49.6 Å². The van der Waals surface area contributed by atoms with Crippen molar-refractivity contribution in [3.63, 3.8) is 0 Å². The van der Waals surface area contributed by atoms with Crippen LogP contribution in [-0.4, -0.2) is 40.1 Å². The third-order valence-corrected chi connectivity index (χ3v) is 6.16. The minimum atomic E-state index is 0.0747. The van der Waals surface area contributed by atoms with Gasteiger partial charge in [0.2, 0.25) is 0 Å². The minimum absolute atomic E-state index is 0.0747. The number of amides is 1. The van der Waals surface area contributed by atoms with Crippen molar-refractivity contribution in [1.82, 2.24) is 14.5 Å². The predicted octanol–water partition coefficient (Wildman–Crippen LogP) is 4.79. The molecular formula is C25H31N3O2. The Morgan fingerprint density at radius 2 is 1.80 bits per heavy atom. The third kappa shape index (κ3) is 4.50. The van der Waals surface area contributed by atoms with E-state index in [1.807, 2.05) is 23.1 Å². The molecule has 0 atom stereocenters. The lowest BCUT2D eigenvalue weighted by atomic mass is 9.96. The number of aromatic nitrogens is 2. The molecule has 4 rings (SSSR count).